The third kappa shape index (κ3) is 6.54. The molecule has 2 aliphatic rings. The van der Waals surface area contributed by atoms with E-state index < -0.39 is 35.7 Å². The number of amides is 1. The quantitative estimate of drug-likeness (QED) is 0.546. The van der Waals surface area contributed by atoms with Crippen LogP contribution in [0.2, 0.25) is 0 Å². The van der Waals surface area contributed by atoms with Gasteiger partial charge in [0.2, 0.25) is 5.91 Å². The molecule has 3 rings (SSSR count). The number of carbonyl (C=O) groups is 3. The molecule has 33 heavy (non-hydrogen) atoms. The van der Waals surface area contributed by atoms with Gasteiger partial charge < -0.3 is 19.5 Å². The summed E-state index contributed by atoms with van der Waals surface area (Å²) in [6.07, 6.45) is 4.89. The van der Waals surface area contributed by atoms with Crippen LogP contribution >= 0.6 is 0 Å². The van der Waals surface area contributed by atoms with Crippen molar-refractivity contribution < 1.29 is 29.0 Å². The van der Waals surface area contributed by atoms with Gasteiger partial charge in [0, 0.05) is 19.6 Å². The zero-order valence-corrected chi connectivity index (χ0v) is 19.6. The molecule has 1 amide bonds. The summed E-state index contributed by atoms with van der Waals surface area (Å²) < 4.78 is 11.2. The first-order valence-corrected chi connectivity index (χ1v) is 12.0. The number of nitrogens with one attached hydrogen (secondary N) is 1. The van der Waals surface area contributed by atoms with Crippen molar-refractivity contribution in [2.75, 3.05) is 19.8 Å². The molecule has 2 fully saturated rings. The lowest BCUT2D eigenvalue weighted by atomic mass is 9.80. The number of rotatable bonds is 9. The molecule has 0 aliphatic carbocycles. The average molecular weight is 461 g/mol. The molecular formula is C25H36N2O6. The number of benzene rings is 1. The summed E-state index contributed by atoms with van der Waals surface area (Å²) in [6, 6.07) is 7.49. The number of hydrogen-bond acceptors (Lipinski definition) is 6. The van der Waals surface area contributed by atoms with Crippen LogP contribution < -0.4 is 5.32 Å². The Bertz CT molecular complexity index is 808. The lowest BCUT2D eigenvalue weighted by Gasteiger charge is -2.47. The number of nitrogens with zero attached hydrogens (tertiary/aromatic N) is 1. The normalized spacial score (nSPS) is 24.8. The van der Waals surface area contributed by atoms with E-state index in [1.165, 1.54) is 4.90 Å². The Hall–Kier alpha value is -2.45. The van der Waals surface area contributed by atoms with Gasteiger partial charge in [0.1, 0.15) is 12.1 Å². The minimum absolute atomic E-state index is 0.250. The molecule has 0 radical (unpaired) electrons. The second kappa shape index (κ2) is 11.6. The fourth-order valence-electron chi connectivity index (χ4n) is 4.89. The van der Waals surface area contributed by atoms with Gasteiger partial charge in [0.15, 0.2) is 0 Å². The summed E-state index contributed by atoms with van der Waals surface area (Å²) in [5.74, 6) is -1.74. The van der Waals surface area contributed by atoms with Gasteiger partial charge in [-0.2, -0.15) is 0 Å². The van der Waals surface area contributed by atoms with Crippen LogP contribution in [0.4, 0.5) is 0 Å². The third-order valence-electron chi connectivity index (χ3n) is 6.71. The molecule has 1 spiro atoms. The van der Waals surface area contributed by atoms with Crippen molar-refractivity contribution in [1.82, 2.24) is 10.2 Å². The molecule has 0 saturated carbocycles. The number of likely N-dealkylation sites (tertiary alicyclic amines) is 1. The van der Waals surface area contributed by atoms with E-state index in [9.17, 15) is 19.5 Å². The molecule has 8 heteroatoms. The van der Waals surface area contributed by atoms with Gasteiger partial charge in [-0.15, -0.1) is 0 Å². The van der Waals surface area contributed by atoms with E-state index in [4.69, 9.17) is 9.47 Å². The Kier molecular flexibility index (Phi) is 8.86. The van der Waals surface area contributed by atoms with Crippen molar-refractivity contribution in [3.8, 4) is 0 Å². The molecule has 2 N–H and O–H groups in total. The van der Waals surface area contributed by atoms with Crippen molar-refractivity contribution in [2.24, 2.45) is 0 Å². The molecule has 182 valence electrons. The van der Waals surface area contributed by atoms with Crippen molar-refractivity contribution in [3.63, 3.8) is 0 Å². The molecule has 2 aliphatic heterocycles. The van der Waals surface area contributed by atoms with Crippen LogP contribution in [0.25, 0.3) is 0 Å². The highest BCUT2D eigenvalue weighted by atomic mass is 16.5. The molecule has 4 atom stereocenters. The number of aryl methyl sites for hydroxylation is 1. The van der Waals surface area contributed by atoms with E-state index in [0.29, 0.717) is 38.8 Å². The molecule has 0 bridgehead atoms. The monoisotopic (exact) mass is 460 g/mol. The number of hydrogen-bond donors (Lipinski definition) is 2. The number of aliphatic carboxylic acids is 1. The number of carbonyl (C=O) groups excluding carboxylic acids is 2. The molecule has 2 unspecified atom stereocenters. The van der Waals surface area contributed by atoms with Gasteiger partial charge >= 0.3 is 11.9 Å². The lowest BCUT2D eigenvalue weighted by Crippen LogP contribution is -2.61. The first-order valence-electron chi connectivity index (χ1n) is 12.0. The van der Waals surface area contributed by atoms with Gasteiger partial charge in [-0.25, -0.2) is 4.79 Å². The van der Waals surface area contributed by atoms with E-state index in [-0.39, 0.29) is 12.5 Å². The first-order chi connectivity index (χ1) is 15.8. The Labute approximate surface area is 195 Å². The van der Waals surface area contributed by atoms with Crippen molar-refractivity contribution in [1.29, 1.82) is 0 Å². The van der Waals surface area contributed by atoms with E-state index in [2.05, 4.69) is 5.32 Å². The number of ether oxygens (including phenoxy) is 2. The first kappa shape index (κ1) is 25.2. The maximum absolute atomic E-state index is 13.3. The van der Waals surface area contributed by atoms with Crippen LogP contribution in [0.1, 0.15) is 57.9 Å². The predicted octanol–water partition coefficient (Wildman–Crippen LogP) is 2.54. The number of carboxylic acids is 1. The minimum atomic E-state index is -1.02. The third-order valence-corrected chi connectivity index (χ3v) is 6.71. The summed E-state index contributed by atoms with van der Waals surface area (Å²) in [5.41, 5.74) is 0.644. The average Bonchev–Trinajstić information content (AvgIpc) is 2.82. The van der Waals surface area contributed by atoms with E-state index in [1.807, 2.05) is 30.3 Å². The second-order valence-corrected chi connectivity index (χ2v) is 9.05. The highest BCUT2D eigenvalue weighted by Crippen LogP contribution is 2.37. The summed E-state index contributed by atoms with van der Waals surface area (Å²) in [5, 5.41) is 13.0. The highest BCUT2D eigenvalue weighted by Gasteiger charge is 2.46. The Morgan fingerprint density at radius 2 is 2.00 bits per heavy atom. The van der Waals surface area contributed by atoms with Gasteiger partial charge in [0.05, 0.1) is 18.2 Å². The fraction of sp³-hybridized carbons (Fsp3) is 0.640. The zero-order valence-electron chi connectivity index (χ0n) is 19.6. The smallest absolute Gasteiger partial charge is 0.326 e. The SMILES string of the molecule is CCOC(=O)C(CCc1ccccc1)N[C@@H](C)C(=O)N1CCC2(CCCCO2)C[C@H]1C(=O)O. The van der Waals surface area contributed by atoms with Crippen LogP contribution in [0, 0.1) is 0 Å². The minimum Gasteiger partial charge on any atom is -0.480 e. The maximum Gasteiger partial charge on any atom is 0.326 e. The van der Waals surface area contributed by atoms with E-state index in [0.717, 1.165) is 24.8 Å². The molecule has 1 aromatic carbocycles. The van der Waals surface area contributed by atoms with Crippen molar-refractivity contribution >= 4 is 17.8 Å². The maximum atomic E-state index is 13.3. The number of carboxylic acid groups (broad SMARTS) is 1. The van der Waals surface area contributed by atoms with Gasteiger partial charge in [-0.05, 0) is 57.9 Å². The summed E-state index contributed by atoms with van der Waals surface area (Å²) >= 11 is 0. The Morgan fingerprint density at radius 1 is 1.24 bits per heavy atom. The van der Waals surface area contributed by atoms with Crippen LogP contribution in [0.15, 0.2) is 30.3 Å². The lowest BCUT2D eigenvalue weighted by molar-refractivity contribution is -0.168. The summed E-state index contributed by atoms with van der Waals surface area (Å²) in [6.45, 7) is 4.64. The van der Waals surface area contributed by atoms with Crippen LogP contribution in [0.3, 0.4) is 0 Å². The number of esters is 1. The van der Waals surface area contributed by atoms with Gasteiger partial charge in [0.25, 0.3) is 0 Å². The fourth-order valence-corrected chi connectivity index (χ4v) is 4.89. The van der Waals surface area contributed by atoms with Gasteiger partial charge in [-0.3, -0.25) is 14.9 Å². The molecule has 0 aromatic heterocycles. The second-order valence-electron chi connectivity index (χ2n) is 9.05. The van der Waals surface area contributed by atoms with Crippen molar-refractivity contribution in [3.05, 3.63) is 35.9 Å². The highest BCUT2D eigenvalue weighted by molar-refractivity contribution is 5.88. The van der Waals surface area contributed by atoms with Gasteiger partial charge in [-0.1, -0.05) is 30.3 Å². The number of piperidine rings is 1. The van der Waals surface area contributed by atoms with E-state index in [1.54, 1.807) is 13.8 Å². The molecular weight excluding hydrogens is 424 g/mol. The molecule has 8 nitrogen and oxygen atoms in total. The Morgan fingerprint density at radius 3 is 2.64 bits per heavy atom. The van der Waals surface area contributed by atoms with Crippen molar-refractivity contribution in [2.45, 2.75) is 82.5 Å². The topological polar surface area (TPSA) is 105 Å². The zero-order chi connectivity index (χ0) is 23.8. The summed E-state index contributed by atoms with van der Waals surface area (Å²) in [4.78, 5) is 39.3. The Balaban J connectivity index is 1.66. The van der Waals surface area contributed by atoms with Crippen LogP contribution in [0.5, 0.6) is 0 Å². The summed E-state index contributed by atoms with van der Waals surface area (Å²) in [7, 11) is 0. The largest absolute Gasteiger partial charge is 0.480 e. The molecule has 2 heterocycles. The predicted molar refractivity (Wildman–Crippen MR) is 123 cm³/mol. The van der Waals surface area contributed by atoms with Crippen LogP contribution in [-0.4, -0.2) is 71.3 Å². The standard InChI is InChI=1S/C25H36N2O6/c1-3-32-24(31)20(12-11-19-9-5-4-6-10-19)26-18(2)22(28)27-15-14-25(13-7-8-16-33-25)17-21(27)23(29)30/h4-6,9-10,18,20-21,26H,3,7-8,11-17H2,1-2H3,(H,29,30)/t18-,20?,21-,25?/m0/s1. The molecule has 1 aromatic rings. The molecule has 2 saturated heterocycles. The van der Waals surface area contributed by atoms with Crippen LogP contribution in [-0.2, 0) is 30.3 Å². The van der Waals surface area contributed by atoms with E-state index >= 15 is 0 Å².